The number of aliphatic imine (C=N–C) groups is 1. The maximum Gasteiger partial charge on any atom is 0.191 e. The molecule has 0 atom stereocenters. The molecule has 0 aromatic carbocycles. The fraction of sp³-hybridized carbons (Fsp3) is 0.526. The molecule has 2 aromatic heterocycles. The quantitative estimate of drug-likeness (QED) is 0.608. The summed E-state index contributed by atoms with van der Waals surface area (Å²) in [5.74, 6) is 1.64. The summed E-state index contributed by atoms with van der Waals surface area (Å²) in [4.78, 5) is 11.2. The van der Waals surface area contributed by atoms with Crippen LogP contribution in [0, 0.1) is 0 Å². The molecule has 0 amide bonds. The summed E-state index contributed by atoms with van der Waals surface area (Å²) in [7, 11) is 1.80. The zero-order chi connectivity index (χ0) is 18.2. The zero-order valence-corrected chi connectivity index (χ0v) is 15.6. The molecular weight excluding hydrogens is 328 g/mol. The summed E-state index contributed by atoms with van der Waals surface area (Å²) < 4.78 is 5.30. The van der Waals surface area contributed by atoms with Crippen LogP contribution in [0.2, 0.25) is 0 Å². The Morgan fingerprint density at radius 1 is 1.31 bits per heavy atom. The molecule has 140 valence electrons. The van der Waals surface area contributed by atoms with E-state index in [9.17, 15) is 0 Å². The lowest BCUT2D eigenvalue weighted by Crippen LogP contribution is -2.48. The molecule has 3 rings (SSSR count). The maximum atomic E-state index is 5.30. The number of piperidine rings is 1. The molecule has 2 N–H and O–H groups in total. The number of pyridine rings is 1. The van der Waals surface area contributed by atoms with Crippen LogP contribution in [0.5, 0.6) is 0 Å². The average molecular weight is 356 g/mol. The number of nitrogens with zero attached hydrogens (tertiary/aromatic N) is 4. The van der Waals surface area contributed by atoms with Gasteiger partial charge in [-0.1, -0.05) is 18.1 Å². The van der Waals surface area contributed by atoms with E-state index in [4.69, 9.17) is 4.52 Å². The first-order chi connectivity index (χ1) is 12.8. The van der Waals surface area contributed by atoms with Crippen molar-refractivity contribution in [2.75, 3.05) is 20.1 Å². The third kappa shape index (κ3) is 5.29. The molecule has 1 aliphatic heterocycles. The highest BCUT2D eigenvalue weighted by Gasteiger charge is 2.20. The molecule has 0 aliphatic carbocycles. The molecule has 0 bridgehead atoms. The minimum atomic E-state index is 0.433. The third-order valence-corrected chi connectivity index (χ3v) is 4.66. The Balaban J connectivity index is 1.41. The van der Waals surface area contributed by atoms with Crippen molar-refractivity contribution in [2.24, 2.45) is 4.99 Å². The highest BCUT2D eigenvalue weighted by molar-refractivity contribution is 5.79. The topological polar surface area (TPSA) is 78.6 Å². The summed E-state index contributed by atoms with van der Waals surface area (Å²) in [6.45, 7) is 5.70. The third-order valence-electron chi connectivity index (χ3n) is 4.66. The van der Waals surface area contributed by atoms with Crippen LogP contribution in [-0.4, -0.2) is 47.2 Å². The molecule has 1 saturated heterocycles. The lowest BCUT2D eigenvalue weighted by molar-refractivity contribution is 0.196. The SMILES string of the molecule is CCc1cc(CNC(=NC)NC2CCN(Cc3ccccn3)CC2)on1. The van der Waals surface area contributed by atoms with E-state index in [1.54, 1.807) is 7.05 Å². The van der Waals surface area contributed by atoms with Gasteiger partial charge in [0.1, 0.15) is 0 Å². The Kier molecular flexibility index (Phi) is 6.60. The van der Waals surface area contributed by atoms with E-state index in [0.29, 0.717) is 12.6 Å². The highest BCUT2D eigenvalue weighted by Crippen LogP contribution is 2.13. The fourth-order valence-electron chi connectivity index (χ4n) is 3.12. The van der Waals surface area contributed by atoms with Crippen LogP contribution in [0.4, 0.5) is 0 Å². The second-order valence-corrected chi connectivity index (χ2v) is 6.58. The Labute approximate surface area is 154 Å². The summed E-state index contributed by atoms with van der Waals surface area (Å²) in [6, 6.07) is 8.51. The van der Waals surface area contributed by atoms with E-state index >= 15 is 0 Å². The minimum Gasteiger partial charge on any atom is -0.359 e. The summed E-state index contributed by atoms with van der Waals surface area (Å²) in [6.07, 6.45) is 4.93. The number of hydrogen-bond acceptors (Lipinski definition) is 5. The monoisotopic (exact) mass is 356 g/mol. The first kappa shape index (κ1) is 18.4. The minimum absolute atomic E-state index is 0.433. The van der Waals surface area contributed by atoms with Crippen LogP contribution in [0.1, 0.15) is 36.9 Å². The Morgan fingerprint density at radius 3 is 2.81 bits per heavy atom. The molecule has 0 saturated carbocycles. The van der Waals surface area contributed by atoms with E-state index in [1.807, 2.05) is 24.4 Å². The predicted molar refractivity (Wildman–Crippen MR) is 102 cm³/mol. The molecular formula is C19H28N6O. The van der Waals surface area contributed by atoms with Crippen molar-refractivity contribution in [3.05, 3.63) is 47.6 Å². The first-order valence-corrected chi connectivity index (χ1v) is 9.30. The smallest absolute Gasteiger partial charge is 0.191 e. The fourth-order valence-corrected chi connectivity index (χ4v) is 3.12. The lowest BCUT2D eigenvalue weighted by Gasteiger charge is -2.32. The maximum absolute atomic E-state index is 5.30. The molecule has 0 spiro atoms. The zero-order valence-electron chi connectivity index (χ0n) is 15.6. The standard InChI is InChI=1S/C19H28N6O/c1-3-15-12-18(26-24-15)13-22-19(20-2)23-16-7-10-25(11-8-16)14-17-6-4-5-9-21-17/h4-6,9,12,16H,3,7-8,10-11,13-14H2,1-2H3,(H2,20,22,23). The Hall–Kier alpha value is -2.41. The number of aromatic nitrogens is 2. The van der Waals surface area contributed by atoms with Crippen LogP contribution in [0.3, 0.4) is 0 Å². The molecule has 1 aliphatic rings. The van der Waals surface area contributed by atoms with E-state index in [2.05, 4.69) is 43.7 Å². The summed E-state index contributed by atoms with van der Waals surface area (Å²) in [5, 5.41) is 10.8. The van der Waals surface area contributed by atoms with Crippen molar-refractivity contribution in [1.82, 2.24) is 25.7 Å². The summed E-state index contributed by atoms with van der Waals surface area (Å²) in [5.41, 5.74) is 2.11. The van der Waals surface area contributed by atoms with Gasteiger partial charge in [-0.05, 0) is 31.4 Å². The Bertz CT molecular complexity index is 691. The lowest BCUT2D eigenvalue weighted by atomic mass is 10.0. The van der Waals surface area contributed by atoms with Crippen molar-refractivity contribution in [3.63, 3.8) is 0 Å². The summed E-state index contributed by atoms with van der Waals surface area (Å²) >= 11 is 0. The van der Waals surface area contributed by atoms with Crippen molar-refractivity contribution in [3.8, 4) is 0 Å². The van der Waals surface area contributed by atoms with Gasteiger partial charge in [-0.2, -0.15) is 0 Å². The van der Waals surface area contributed by atoms with Gasteiger partial charge in [0.2, 0.25) is 0 Å². The number of guanidine groups is 1. The van der Waals surface area contributed by atoms with Crippen molar-refractivity contribution in [1.29, 1.82) is 0 Å². The second-order valence-electron chi connectivity index (χ2n) is 6.58. The van der Waals surface area contributed by atoms with Gasteiger partial charge >= 0.3 is 0 Å². The van der Waals surface area contributed by atoms with E-state index in [0.717, 1.165) is 62.0 Å². The van der Waals surface area contributed by atoms with Gasteiger partial charge in [0.25, 0.3) is 0 Å². The number of nitrogens with one attached hydrogen (secondary N) is 2. The van der Waals surface area contributed by atoms with Crippen LogP contribution < -0.4 is 10.6 Å². The van der Waals surface area contributed by atoms with Gasteiger partial charge in [0.15, 0.2) is 11.7 Å². The van der Waals surface area contributed by atoms with Crippen molar-refractivity contribution < 1.29 is 4.52 Å². The highest BCUT2D eigenvalue weighted by atomic mass is 16.5. The van der Waals surface area contributed by atoms with E-state index in [-0.39, 0.29) is 0 Å². The van der Waals surface area contributed by atoms with Crippen LogP contribution in [0.25, 0.3) is 0 Å². The van der Waals surface area contributed by atoms with E-state index in [1.165, 1.54) is 0 Å². The van der Waals surface area contributed by atoms with Crippen LogP contribution >= 0.6 is 0 Å². The first-order valence-electron chi connectivity index (χ1n) is 9.30. The molecule has 0 radical (unpaired) electrons. The van der Waals surface area contributed by atoms with Gasteiger partial charge in [0, 0.05) is 45.0 Å². The second kappa shape index (κ2) is 9.33. The number of likely N-dealkylation sites (tertiary alicyclic amines) is 1. The normalized spacial score (nSPS) is 16.6. The van der Waals surface area contributed by atoms with Crippen LogP contribution in [-0.2, 0) is 19.5 Å². The van der Waals surface area contributed by atoms with Crippen molar-refractivity contribution >= 4 is 5.96 Å². The molecule has 0 unspecified atom stereocenters. The van der Waals surface area contributed by atoms with Crippen LogP contribution in [0.15, 0.2) is 40.0 Å². The van der Waals surface area contributed by atoms with Gasteiger partial charge in [-0.3, -0.25) is 14.9 Å². The van der Waals surface area contributed by atoms with Crippen molar-refractivity contribution in [2.45, 2.75) is 45.3 Å². The molecule has 3 heterocycles. The van der Waals surface area contributed by atoms with E-state index < -0.39 is 0 Å². The number of aryl methyl sites for hydroxylation is 1. The van der Waals surface area contributed by atoms with Gasteiger partial charge < -0.3 is 15.2 Å². The van der Waals surface area contributed by atoms with Gasteiger partial charge in [0.05, 0.1) is 17.9 Å². The average Bonchev–Trinajstić information content (AvgIpc) is 3.15. The molecule has 26 heavy (non-hydrogen) atoms. The predicted octanol–water partition coefficient (Wildman–Crippen LogP) is 1.96. The molecule has 2 aromatic rings. The Morgan fingerprint density at radius 2 is 2.15 bits per heavy atom. The van der Waals surface area contributed by atoms with Gasteiger partial charge in [-0.25, -0.2) is 0 Å². The van der Waals surface area contributed by atoms with Gasteiger partial charge in [-0.15, -0.1) is 0 Å². The molecule has 1 fully saturated rings. The molecule has 7 heteroatoms. The number of rotatable bonds is 6. The largest absolute Gasteiger partial charge is 0.359 e. The molecule has 7 nitrogen and oxygen atoms in total. The number of hydrogen-bond donors (Lipinski definition) is 2.